The van der Waals surface area contributed by atoms with Gasteiger partial charge in [-0.05, 0) is 19.8 Å². The monoisotopic (exact) mass is 291 g/mol. The first-order valence-electron chi connectivity index (χ1n) is 6.67. The fourth-order valence-electron chi connectivity index (χ4n) is 1.93. The van der Waals surface area contributed by atoms with Crippen LogP contribution in [0, 0.1) is 0 Å². The van der Waals surface area contributed by atoms with Gasteiger partial charge in [-0.2, -0.15) is 5.10 Å². The first-order chi connectivity index (χ1) is 9.70. The van der Waals surface area contributed by atoms with Crippen LogP contribution in [-0.4, -0.2) is 26.7 Å². The number of carbonyl (C=O) groups is 1. The summed E-state index contributed by atoms with van der Waals surface area (Å²) >= 11 is 1.58. The zero-order valence-electron chi connectivity index (χ0n) is 11.2. The van der Waals surface area contributed by atoms with Crippen LogP contribution in [0.15, 0.2) is 23.3 Å². The van der Waals surface area contributed by atoms with E-state index in [9.17, 15) is 4.79 Å². The van der Waals surface area contributed by atoms with E-state index in [0.29, 0.717) is 6.04 Å². The van der Waals surface area contributed by atoms with Gasteiger partial charge < -0.3 is 10.6 Å². The SMILES string of the molecule is CC(Nc1cnn(CC(=O)NC2CC2)c1)c1cscn1. The molecule has 106 valence electrons. The van der Waals surface area contributed by atoms with Crippen molar-refractivity contribution in [3.05, 3.63) is 29.0 Å². The molecule has 2 aromatic rings. The third-order valence-corrected chi connectivity index (χ3v) is 3.76. The Kier molecular flexibility index (Phi) is 3.68. The topological polar surface area (TPSA) is 71.8 Å². The van der Waals surface area contributed by atoms with Gasteiger partial charge in [0.2, 0.25) is 5.91 Å². The van der Waals surface area contributed by atoms with Gasteiger partial charge in [-0.3, -0.25) is 9.48 Å². The molecule has 6 nitrogen and oxygen atoms in total. The summed E-state index contributed by atoms with van der Waals surface area (Å²) in [7, 11) is 0. The number of thiazole rings is 1. The Labute approximate surface area is 121 Å². The minimum atomic E-state index is 0.0229. The fraction of sp³-hybridized carbons (Fsp3) is 0.462. The molecule has 0 radical (unpaired) electrons. The zero-order valence-corrected chi connectivity index (χ0v) is 12.1. The van der Waals surface area contributed by atoms with Crippen molar-refractivity contribution in [1.82, 2.24) is 20.1 Å². The maximum Gasteiger partial charge on any atom is 0.241 e. The molecule has 2 heterocycles. The van der Waals surface area contributed by atoms with Gasteiger partial charge in [0.15, 0.2) is 0 Å². The van der Waals surface area contributed by atoms with Gasteiger partial charge in [0.05, 0.1) is 29.1 Å². The van der Waals surface area contributed by atoms with Gasteiger partial charge in [0, 0.05) is 17.6 Å². The number of carbonyl (C=O) groups excluding carboxylic acids is 1. The largest absolute Gasteiger partial charge is 0.374 e. The third kappa shape index (κ3) is 3.36. The molecular formula is C13H17N5OS. The van der Waals surface area contributed by atoms with E-state index in [1.54, 1.807) is 22.2 Å². The Hall–Kier alpha value is -1.89. The Morgan fingerprint density at radius 3 is 3.15 bits per heavy atom. The Bertz CT molecular complexity index is 575. The molecule has 0 aliphatic heterocycles. The molecule has 1 saturated carbocycles. The number of hydrogen-bond acceptors (Lipinski definition) is 5. The summed E-state index contributed by atoms with van der Waals surface area (Å²) in [5, 5.41) is 12.5. The summed E-state index contributed by atoms with van der Waals surface area (Å²) in [4.78, 5) is 16.0. The highest BCUT2D eigenvalue weighted by molar-refractivity contribution is 7.07. The van der Waals surface area contributed by atoms with Crippen molar-refractivity contribution in [1.29, 1.82) is 0 Å². The van der Waals surface area contributed by atoms with Crippen LogP contribution in [0.5, 0.6) is 0 Å². The van der Waals surface area contributed by atoms with Crippen LogP contribution in [0.2, 0.25) is 0 Å². The van der Waals surface area contributed by atoms with Crippen molar-refractivity contribution in [3.63, 3.8) is 0 Å². The maximum atomic E-state index is 11.7. The molecule has 1 aliphatic carbocycles. The van der Waals surface area contributed by atoms with Crippen LogP contribution in [-0.2, 0) is 11.3 Å². The summed E-state index contributed by atoms with van der Waals surface area (Å²) in [6.45, 7) is 2.31. The number of nitrogens with zero attached hydrogens (tertiary/aromatic N) is 3. The predicted octanol–water partition coefficient (Wildman–Crippen LogP) is 1.79. The second kappa shape index (κ2) is 5.62. The molecule has 1 amide bonds. The van der Waals surface area contributed by atoms with Crippen molar-refractivity contribution < 1.29 is 4.79 Å². The quantitative estimate of drug-likeness (QED) is 0.851. The molecule has 0 aromatic carbocycles. The first-order valence-corrected chi connectivity index (χ1v) is 7.61. The molecule has 0 spiro atoms. The highest BCUT2D eigenvalue weighted by Crippen LogP contribution is 2.19. The lowest BCUT2D eigenvalue weighted by atomic mass is 10.2. The summed E-state index contributed by atoms with van der Waals surface area (Å²) in [6.07, 6.45) is 5.77. The average Bonchev–Trinajstić information content (AvgIpc) is 2.93. The molecule has 2 N–H and O–H groups in total. The Morgan fingerprint density at radius 1 is 1.60 bits per heavy atom. The van der Waals surface area contributed by atoms with Crippen molar-refractivity contribution in [2.75, 3.05) is 5.32 Å². The number of aromatic nitrogens is 3. The van der Waals surface area contributed by atoms with Gasteiger partial charge in [-0.15, -0.1) is 11.3 Å². The van der Waals surface area contributed by atoms with Crippen LogP contribution < -0.4 is 10.6 Å². The molecule has 1 aliphatic rings. The lowest BCUT2D eigenvalue weighted by Crippen LogP contribution is -2.29. The molecule has 0 bridgehead atoms. The highest BCUT2D eigenvalue weighted by Gasteiger charge is 2.23. The minimum Gasteiger partial charge on any atom is -0.374 e. The van der Waals surface area contributed by atoms with E-state index in [1.807, 2.05) is 24.0 Å². The van der Waals surface area contributed by atoms with E-state index in [1.165, 1.54) is 0 Å². The van der Waals surface area contributed by atoms with Crippen LogP contribution in [0.1, 0.15) is 31.5 Å². The van der Waals surface area contributed by atoms with Crippen molar-refractivity contribution in [2.24, 2.45) is 0 Å². The molecule has 0 saturated heterocycles. The van der Waals surface area contributed by atoms with Gasteiger partial charge in [0.25, 0.3) is 0 Å². The second-order valence-corrected chi connectivity index (χ2v) is 5.77. The lowest BCUT2D eigenvalue weighted by Gasteiger charge is -2.10. The van der Waals surface area contributed by atoms with Crippen molar-refractivity contribution in [2.45, 2.75) is 38.4 Å². The van der Waals surface area contributed by atoms with Crippen LogP contribution in [0.25, 0.3) is 0 Å². The molecular weight excluding hydrogens is 274 g/mol. The molecule has 1 fully saturated rings. The van der Waals surface area contributed by atoms with Gasteiger partial charge in [-0.25, -0.2) is 4.98 Å². The van der Waals surface area contributed by atoms with E-state index in [0.717, 1.165) is 24.2 Å². The number of hydrogen-bond donors (Lipinski definition) is 2. The number of nitrogens with one attached hydrogen (secondary N) is 2. The number of rotatable bonds is 6. The summed E-state index contributed by atoms with van der Waals surface area (Å²) in [5.41, 5.74) is 3.72. The zero-order chi connectivity index (χ0) is 13.9. The van der Waals surface area contributed by atoms with Crippen LogP contribution >= 0.6 is 11.3 Å². The average molecular weight is 291 g/mol. The standard InChI is InChI=1S/C13H17N5OS/c1-9(12-7-20-8-14-12)16-11-4-15-18(5-11)6-13(19)17-10-2-3-10/h4-5,7-10,16H,2-3,6H2,1H3,(H,17,19). The van der Waals surface area contributed by atoms with E-state index in [-0.39, 0.29) is 18.5 Å². The maximum absolute atomic E-state index is 11.7. The Balaban J connectivity index is 1.54. The molecule has 7 heteroatoms. The van der Waals surface area contributed by atoms with E-state index in [4.69, 9.17) is 0 Å². The summed E-state index contributed by atoms with van der Waals surface area (Å²) in [6, 6.07) is 0.513. The lowest BCUT2D eigenvalue weighted by molar-refractivity contribution is -0.122. The summed E-state index contributed by atoms with van der Waals surface area (Å²) < 4.78 is 1.65. The number of amides is 1. The fourth-order valence-corrected chi connectivity index (χ4v) is 2.58. The first kappa shape index (κ1) is 13.1. The van der Waals surface area contributed by atoms with E-state index in [2.05, 4.69) is 20.7 Å². The summed E-state index contributed by atoms with van der Waals surface area (Å²) in [5.74, 6) is 0.0229. The minimum absolute atomic E-state index is 0.0229. The second-order valence-electron chi connectivity index (χ2n) is 5.05. The molecule has 3 rings (SSSR count). The molecule has 20 heavy (non-hydrogen) atoms. The Morgan fingerprint density at radius 2 is 2.45 bits per heavy atom. The molecule has 2 aromatic heterocycles. The van der Waals surface area contributed by atoms with Gasteiger partial charge >= 0.3 is 0 Å². The molecule has 1 unspecified atom stereocenters. The van der Waals surface area contributed by atoms with E-state index >= 15 is 0 Å². The third-order valence-electron chi connectivity index (χ3n) is 3.16. The highest BCUT2D eigenvalue weighted by atomic mass is 32.1. The molecule has 1 atom stereocenters. The predicted molar refractivity (Wildman–Crippen MR) is 77.5 cm³/mol. The van der Waals surface area contributed by atoms with Crippen LogP contribution in [0.3, 0.4) is 0 Å². The van der Waals surface area contributed by atoms with Crippen molar-refractivity contribution in [3.8, 4) is 0 Å². The smallest absolute Gasteiger partial charge is 0.241 e. The van der Waals surface area contributed by atoms with Crippen LogP contribution in [0.4, 0.5) is 5.69 Å². The normalized spacial score (nSPS) is 15.8. The van der Waals surface area contributed by atoms with Gasteiger partial charge in [-0.1, -0.05) is 0 Å². The van der Waals surface area contributed by atoms with Crippen molar-refractivity contribution >= 4 is 22.9 Å². The van der Waals surface area contributed by atoms with Gasteiger partial charge in [0.1, 0.15) is 6.54 Å². The number of anilines is 1. The van der Waals surface area contributed by atoms with E-state index < -0.39 is 0 Å².